The molecule has 3 aliphatic rings. The maximum absolute atomic E-state index is 12.3. The highest BCUT2D eigenvalue weighted by molar-refractivity contribution is 5.97. The number of amides is 2. The van der Waals surface area contributed by atoms with Crippen LogP contribution >= 0.6 is 0 Å². The second-order valence-electron chi connectivity index (χ2n) is 7.36. The Bertz CT molecular complexity index is 562. The Labute approximate surface area is 154 Å². The monoisotopic (exact) mass is 366 g/mol. The third kappa shape index (κ3) is 4.45. The highest BCUT2D eigenvalue weighted by atomic mass is 16.5. The number of urea groups is 1. The number of hydrogen-bond acceptors (Lipinski definition) is 5. The fourth-order valence-electron chi connectivity index (χ4n) is 3.75. The quantitative estimate of drug-likeness (QED) is 0.612. The van der Waals surface area contributed by atoms with Crippen molar-refractivity contribution >= 4 is 11.9 Å². The van der Waals surface area contributed by atoms with Gasteiger partial charge in [0.2, 0.25) is 5.90 Å². The number of unbranched alkanes of at least 4 members (excludes halogenated alkanes) is 5. The molecule has 2 N–H and O–H groups in total. The van der Waals surface area contributed by atoms with Crippen molar-refractivity contribution in [1.82, 2.24) is 4.90 Å². The lowest BCUT2D eigenvalue weighted by Gasteiger charge is -2.31. The number of allylic oxidation sites excluding steroid dienone is 1. The van der Waals surface area contributed by atoms with Crippen molar-refractivity contribution < 1.29 is 24.5 Å². The third-order valence-electron chi connectivity index (χ3n) is 5.29. The van der Waals surface area contributed by atoms with Gasteiger partial charge in [-0.3, -0.25) is 4.90 Å². The smallest absolute Gasteiger partial charge is 0.348 e. The molecular weight excluding hydrogens is 336 g/mol. The maximum atomic E-state index is 12.3. The summed E-state index contributed by atoms with van der Waals surface area (Å²) in [5.74, 6) is 1.33. The second-order valence-corrected chi connectivity index (χ2v) is 7.36. The largest absolute Gasteiger partial charge is 0.447 e. The number of aliphatic imine (C=N–C) groups is 1. The zero-order chi connectivity index (χ0) is 18.5. The first-order valence-corrected chi connectivity index (χ1v) is 9.84. The topological polar surface area (TPSA) is 91.6 Å². The molecule has 3 aliphatic heterocycles. The first kappa shape index (κ1) is 19.3. The summed E-state index contributed by atoms with van der Waals surface area (Å²) >= 11 is 0. The van der Waals surface area contributed by atoms with Crippen molar-refractivity contribution in [1.29, 1.82) is 0 Å². The highest BCUT2D eigenvalue weighted by Crippen LogP contribution is 2.31. The number of nitrogens with zero attached hydrogens (tertiary/aromatic N) is 2. The van der Waals surface area contributed by atoms with Gasteiger partial charge in [-0.25, -0.2) is 4.79 Å². The van der Waals surface area contributed by atoms with E-state index in [1.165, 1.54) is 37.0 Å². The van der Waals surface area contributed by atoms with Gasteiger partial charge in [-0.2, -0.15) is 4.99 Å². The van der Waals surface area contributed by atoms with Gasteiger partial charge in [0.25, 0.3) is 0 Å². The molecule has 2 amide bonds. The fourth-order valence-corrected chi connectivity index (χ4v) is 3.75. The fraction of sp³-hybridized carbons (Fsp3) is 0.789. The summed E-state index contributed by atoms with van der Waals surface area (Å²) < 4.78 is 11.4. The lowest BCUT2D eigenvalue weighted by Crippen LogP contribution is -2.46. The molecule has 7 nitrogen and oxygen atoms in total. The van der Waals surface area contributed by atoms with Crippen LogP contribution in [0.25, 0.3) is 0 Å². The van der Waals surface area contributed by atoms with Crippen LogP contribution in [0.1, 0.15) is 58.3 Å². The predicted molar refractivity (Wildman–Crippen MR) is 96.6 cm³/mol. The molecule has 0 saturated carbocycles. The molecule has 1 fully saturated rings. The van der Waals surface area contributed by atoms with Crippen molar-refractivity contribution in [3.8, 4) is 0 Å². The second kappa shape index (κ2) is 8.97. The molecule has 7 heteroatoms. The van der Waals surface area contributed by atoms with Gasteiger partial charge in [0.05, 0.1) is 18.6 Å². The number of carbonyl (C=O) groups excluding carboxylic acids is 1. The Morgan fingerprint density at radius 3 is 2.77 bits per heavy atom. The van der Waals surface area contributed by atoms with E-state index in [-0.39, 0.29) is 12.5 Å². The van der Waals surface area contributed by atoms with Gasteiger partial charge in [0.1, 0.15) is 18.1 Å². The predicted octanol–water partition coefficient (Wildman–Crippen LogP) is 2.57. The maximum Gasteiger partial charge on any atom is 0.348 e. The van der Waals surface area contributed by atoms with Crippen LogP contribution in [0.2, 0.25) is 0 Å². The SMILES string of the molecule is CCCCCCCCC1=CC2CN([C@H]3C[C@H](O)[C@@H](CO)O3)C(=O)N=C2O1. The van der Waals surface area contributed by atoms with Crippen LogP contribution in [0.5, 0.6) is 0 Å². The van der Waals surface area contributed by atoms with Crippen LogP contribution in [0.3, 0.4) is 0 Å². The van der Waals surface area contributed by atoms with E-state index in [9.17, 15) is 15.0 Å². The summed E-state index contributed by atoms with van der Waals surface area (Å²) in [5, 5.41) is 19.1. The zero-order valence-corrected chi connectivity index (χ0v) is 15.5. The van der Waals surface area contributed by atoms with Crippen LogP contribution in [-0.2, 0) is 9.47 Å². The number of hydrogen-bond donors (Lipinski definition) is 2. The van der Waals surface area contributed by atoms with Gasteiger partial charge in [0.15, 0.2) is 0 Å². The molecule has 0 aromatic heterocycles. The molecule has 0 aromatic rings. The molecule has 1 saturated heterocycles. The third-order valence-corrected chi connectivity index (χ3v) is 5.29. The van der Waals surface area contributed by atoms with Crippen LogP contribution < -0.4 is 0 Å². The van der Waals surface area contributed by atoms with E-state index < -0.39 is 24.5 Å². The molecule has 3 rings (SSSR count). The number of carbonyl (C=O) groups is 1. The molecule has 3 heterocycles. The summed E-state index contributed by atoms with van der Waals surface area (Å²) in [6, 6.07) is -0.402. The molecule has 0 radical (unpaired) electrons. The van der Waals surface area contributed by atoms with Gasteiger partial charge >= 0.3 is 6.03 Å². The summed E-state index contributed by atoms with van der Waals surface area (Å²) in [6.07, 6.45) is 8.65. The van der Waals surface area contributed by atoms with Gasteiger partial charge in [-0.05, 0) is 12.5 Å². The molecule has 0 aliphatic carbocycles. The zero-order valence-electron chi connectivity index (χ0n) is 15.5. The van der Waals surface area contributed by atoms with E-state index in [0.717, 1.165) is 18.6 Å². The number of rotatable bonds is 9. The van der Waals surface area contributed by atoms with E-state index >= 15 is 0 Å². The van der Waals surface area contributed by atoms with Gasteiger partial charge in [-0.15, -0.1) is 0 Å². The summed E-state index contributed by atoms with van der Waals surface area (Å²) in [7, 11) is 0. The van der Waals surface area contributed by atoms with Crippen molar-refractivity contribution in [2.75, 3.05) is 13.2 Å². The van der Waals surface area contributed by atoms with Gasteiger partial charge < -0.3 is 19.7 Å². The molecule has 4 atom stereocenters. The van der Waals surface area contributed by atoms with Crippen molar-refractivity contribution in [2.24, 2.45) is 10.9 Å². The van der Waals surface area contributed by atoms with E-state index in [4.69, 9.17) is 9.47 Å². The summed E-state index contributed by atoms with van der Waals surface area (Å²) in [4.78, 5) is 17.9. The van der Waals surface area contributed by atoms with Gasteiger partial charge in [-0.1, -0.05) is 39.0 Å². The number of fused-ring (bicyclic) bond motifs is 1. The molecule has 0 aromatic carbocycles. The first-order valence-electron chi connectivity index (χ1n) is 9.84. The van der Waals surface area contributed by atoms with Gasteiger partial charge in [0, 0.05) is 19.4 Å². The van der Waals surface area contributed by atoms with E-state index in [2.05, 4.69) is 18.0 Å². The number of aliphatic hydroxyl groups is 2. The molecule has 146 valence electrons. The van der Waals surface area contributed by atoms with Crippen LogP contribution in [0.15, 0.2) is 16.8 Å². The Morgan fingerprint density at radius 2 is 2.04 bits per heavy atom. The Kier molecular flexibility index (Phi) is 6.67. The molecule has 0 bridgehead atoms. The van der Waals surface area contributed by atoms with Crippen molar-refractivity contribution in [3.05, 3.63) is 11.8 Å². The summed E-state index contributed by atoms with van der Waals surface area (Å²) in [6.45, 7) is 2.39. The van der Waals surface area contributed by atoms with E-state index in [1.807, 2.05) is 0 Å². The minimum Gasteiger partial charge on any atom is -0.447 e. The molecule has 0 spiro atoms. The van der Waals surface area contributed by atoms with E-state index in [1.54, 1.807) is 0 Å². The Hall–Kier alpha value is -1.44. The Balaban J connectivity index is 1.50. The normalized spacial score (nSPS) is 30.9. The Morgan fingerprint density at radius 1 is 1.27 bits per heavy atom. The van der Waals surface area contributed by atoms with Crippen LogP contribution in [0, 0.1) is 5.92 Å². The highest BCUT2D eigenvalue weighted by Gasteiger charge is 2.43. The average Bonchev–Trinajstić information content (AvgIpc) is 3.19. The molecule has 1 unspecified atom stereocenters. The average molecular weight is 366 g/mol. The number of ether oxygens (including phenoxy) is 2. The lowest BCUT2D eigenvalue weighted by atomic mass is 10.1. The van der Waals surface area contributed by atoms with Crippen molar-refractivity contribution in [3.63, 3.8) is 0 Å². The van der Waals surface area contributed by atoms with Crippen LogP contribution in [-0.4, -0.2) is 58.6 Å². The number of aliphatic hydroxyl groups excluding tert-OH is 2. The molecular formula is C19H30N2O5. The summed E-state index contributed by atoms with van der Waals surface area (Å²) in [5.41, 5.74) is 0. The van der Waals surface area contributed by atoms with Crippen LogP contribution in [0.4, 0.5) is 4.79 Å². The minimum atomic E-state index is -0.762. The van der Waals surface area contributed by atoms with Crippen molar-refractivity contribution in [2.45, 2.75) is 76.7 Å². The lowest BCUT2D eigenvalue weighted by molar-refractivity contribution is -0.0648. The minimum absolute atomic E-state index is 0.0447. The first-order chi connectivity index (χ1) is 12.6. The standard InChI is InChI=1S/C19H30N2O5/c1-2-3-4-5-6-7-8-14-9-13-11-21(19(24)20-18(13)25-14)17-10-15(23)16(12-22)26-17/h9,13,15-17,22-23H,2-8,10-12H2,1H3/t13?,15-,16+,17+/m0/s1. The van der Waals surface area contributed by atoms with E-state index in [0.29, 0.717) is 18.9 Å². The molecule has 26 heavy (non-hydrogen) atoms.